The highest BCUT2D eigenvalue weighted by atomic mass is 31.2. The first-order chi connectivity index (χ1) is 4.06. The van der Waals surface area contributed by atoms with Gasteiger partial charge in [0.25, 0.3) is 0 Å². The van der Waals surface area contributed by atoms with Gasteiger partial charge in [-0.05, 0) is 0 Å². The van der Waals surface area contributed by atoms with Crippen molar-refractivity contribution in [2.45, 2.75) is 0 Å². The van der Waals surface area contributed by atoms with Crippen molar-refractivity contribution in [1.82, 2.24) is 0 Å². The highest BCUT2D eigenvalue weighted by molar-refractivity contribution is 7.51. The van der Waals surface area contributed by atoms with Crippen molar-refractivity contribution in [1.29, 1.82) is 0 Å². The van der Waals surface area contributed by atoms with Crippen LogP contribution in [0, 0.1) is 6.61 Å². The topological polar surface area (TPSA) is 77.8 Å². The summed E-state index contributed by atoms with van der Waals surface area (Å²) in [5.74, 6) is 0. The van der Waals surface area contributed by atoms with Crippen LogP contribution in [0.2, 0.25) is 0 Å². The average Bonchev–Trinajstić information content (AvgIpc) is 1.63. The van der Waals surface area contributed by atoms with E-state index in [0.29, 0.717) is 0 Å². The number of allylic oxidation sites excluding steroid dienone is 1. The standard InChI is InChI=1S/C4H8O4P/c5-3-1-2-4-9(6,7)8/h1-3,5H,4H2,(H2,6,7,8)/b2-1+. The van der Waals surface area contributed by atoms with Crippen LogP contribution in [0.3, 0.4) is 0 Å². The van der Waals surface area contributed by atoms with Crippen molar-refractivity contribution in [3.63, 3.8) is 0 Å². The van der Waals surface area contributed by atoms with Crippen LogP contribution in [0.15, 0.2) is 12.2 Å². The molecule has 0 aliphatic carbocycles. The van der Waals surface area contributed by atoms with Crippen molar-refractivity contribution in [2.75, 3.05) is 6.16 Å². The van der Waals surface area contributed by atoms with Gasteiger partial charge < -0.3 is 14.9 Å². The molecule has 0 rings (SSSR count). The molecule has 0 saturated heterocycles. The van der Waals surface area contributed by atoms with Crippen molar-refractivity contribution in [2.24, 2.45) is 0 Å². The van der Waals surface area contributed by atoms with E-state index in [1.807, 2.05) is 0 Å². The Morgan fingerprint density at radius 1 is 1.44 bits per heavy atom. The molecule has 0 unspecified atom stereocenters. The lowest BCUT2D eigenvalue weighted by molar-refractivity contribution is 0.377. The second-order valence-electron chi connectivity index (χ2n) is 1.42. The zero-order valence-electron chi connectivity index (χ0n) is 4.64. The fourth-order valence-electron chi connectivity index (χ4n) is 0.259. The highest BCUT2D eigenvalue weighted by Crippen LogP contribution is 2.33. The molecule has 0 amide bonds. The van der Waals surface area contributed by atoms with E-state index in [4.69, 9.17) is 14.9 Å². The Hall–Kier alpha value is -0.150. The molecule has 3 N–H and O–H groups in total. The third-order valence-electron chi connectivity index (χ3n) is 0.565. The number of hydrogen-bond acceptors (Lipinski definition) is 2. The molecule has 1 radical (unpaired) electrons. The van der Waals surface area contributed by atoms with Crippen LogP contribution in [0.5, 0.6) is 0 Å². The lowest BCUT2D eigenvalue weighted by atomic mass is 10.6. The molecule has 9 heavy (non-hydrogen) atoms. The molecule has 0 atom stereocenters. The summed E-state index contributed by atoms with van der Waals surface area (Å²) >= 11 is 0. The van der Waals surface area contributed by atoms with Crippen LogP contribution in [-0.4, -0.2) is 21.1 Å². The molecular formula is C4H8O4P. The summed E-state index contributed by atoms with van der Waals surface area (Å²) in [5, 5.41) is 8.00. The van der Waals surface area contributed by atoms with Crippen LogP contribution in [0.1, 0.15) is 0 Å². The Balaban J connectivity index is 3.51. The summed E-state index contributed by atoms with van der Waals surface area (Å²) in [7, 11) is -3.91. The summed E-state index contributed by atoms with van der Waals surface area (Å²) in [6, 6.07) is 0. The molecule has 0 saturated carbocycles. The molecule has 0 aromatic rings. The Kier molecular flexibility index (Phi) is 3.73. The summed E-state index contributed by atoms with van der Waals surface area (Å²) in [5.41, 5.74) is 0. The van der Waals surface area contributed by atoms with E-state index >= 15 is 0 Å². The van der Waals surface area contributed by atoms with Crippen molar-refractivity contribution >= 4 is 7.60 Å². The lowest BCUT2D eigenvalue weighted by Crippen LogP contribution is -1.81. The molecule has 0 aliphatic rings. The number of aliphatic hydroxyl groups is 1. The molecular weight excluding hydrogens is 143 g/mol. The second kappa shape index (κ2) is 3.80. The minimum absolute atomic E-state index is 0.329. The largest absolute Gasteiger partial charge is 0.386 e. The maximum atomic E-state index is 10.1. The Bertz CT molecular complexity index is 136. The van der Waals surface area contributed by atoms with E-state index in [1.165, 1.54) is 12.2 Å². The summed E-state index contributed by atoms with van der Waals surface area (Å²) < 4.78 is 10.1. The van der Waals surface area contributed by atoms with Gasteiger partial charge in [0.15, 0.2) is 0 Å². The van der Waals surface area contributed by atoms with Gasteiger partial charge in [-0.1, -0.05) is 12.2 Å². The SMILES string of the molecule is O=P(O)(O)C/C=C/[CH]O. The summed E-state index contributed by atoms with van der Waals surface area (Å²) in [6.07, 6.45) is 2.03. The molecule has 0 spiro atoms. The van der Waals surface area contributed by atoms with Gasteiger partial charge in [-0.25, -0.2) is 0 Å². The molecule has 53 valence electrons. The maximum Gasteiger partial charge on any atom is 0.329 e. The van der Waals surface area contributed by atoms with Gasteiger partial charge in [-0.2, -0.15) is 0 Å². The third-order valence-corrected chi connectivity index (χ3v) is 1.25. The molecule has 0 fully saturated rings. The lowest BCUT2D eigenvalue weighted by Gasteiger charge is -1.95. The van der Waals surface area contributed by atoms with Crippen molar-refractivity contribution in [3.8, 4) is 0 Å². The first-order valence-corrected chi connectivity index (χ1v) is 4.03. The summed E-state index contributed by atoms with van der Waals surface area (Å²) in [4.78, 5) is 16.4. The predicted molar refractivity (Wildman–Crippen MR) is 32.3 cm³/mol. The van der Waals surface area contributed by atoms with Gasteiger partial charge in [-0.15, -0.1) is 0 Å². The molecule has 0 aromatic carbocycles. The van der Waals surface area contributed by atoms with Crippen LogP contribution in [0.25, 0.3) is 0 Å². The van der Waals surface area contributed by atoms with Crippen molar-refractivity contribution in [3.05, 3.63) is 18.8 Å². The van der Waals surface area contributed by atoms with Crippen LogP contribution >= 0.6 is 7.60 Å². The minimum atomic E-state index is -3.91. The predicted octanol–water partition coefficient (Wildman–Crippen LogP) is 0.255. The first kappa shape index (κ1) is 8.85. The highest BCUT2D eigenvalue weighted by Gasteiger charge is 2.07. The van der Waals surface area contributed by atoms with Crippen LogP contribution in [0.4, 0.5) is 0 Å². The first-order valence-electron chi connectivity index (χ1n) is 2.23. The van der Waals surface area contributed by atoms with E-state index < -0.39 is 7.60 Å². The van der Waals surface area contributed by atoms with E-state index in [-0.39, 0.29) is 6.16 Å². The zero-order valence-corrected chi connectivity index (χ0v) is 5.53. The van der Waals surface area contributed by atoms with E-state index in [0.717, 1.165) is 6.61 Å². The van der Waals surface area contributed by atoms with Gasteiger partial charge in [0.1, 0.15) is 6.61 Å². The second-order valence-corrected chi connectivity index (χ2v) is 3.12. The molecule has 0 bridgehead atoms. The smallest absolute Gasteiger partial charge is 0.329 e. The average molecular weight is 151 g/mol. The third kappa shape index (κ3) is 7.85. The van der Waals surface area contributed by atoms with Gasteiger partial charge in [-0.3, -0.25) is 4.57 Å². The van der Waals surface area contributed by atoms with Gasteiger partial charge >= 0.3 is 7.60 Å². The summed E-state index contributed by atoms with van der Waals surface area (Å²) in [6.45, 7) is 0.718. The zero-order chi connectivity index (χ0) is 7.33. The monoisotopic (exact) mass is 151 g/mol. The Morgan fingerprint density at radius 3 is 2.33 bits per heavy atom. The van der Waals surface area contributed by atoms with Gasteiger partial charge in [0.2, 0.25) is 0 Å². The van der Waals surface area contributed by atoms with Gasteiger partial charge in [0.05, 0.1) is 6.16 Å². The molecule has 0 aliphatic heterocycles. The van der Waals surface area contributed by atoms with Crippen LogP contribution in [-0.2, 0) is 4.57 Å². The van der Waals surface area contributed by atoms with Crippen molar-refractivity contribution < 1.29 is 19.5 Å². The number of rotatable bonds is 3. The van der Waals surface area contributed by atoms with E-state index in [2.05, 4.69) is 0 Å². The molecule has 4 nitrogen and oxygen atoms in total. The normalized spacial score (nSPS) is 12.8. The van der Waals surface area contributed by atoms with Gasteiger partial charge in [0, 0.05) is 0 Å². The Labute approximate surface area is 53.0 Å². The van der Waals surface area contributed by atoms with E-state index in [9.17, 15) is 4.57 Å². The molecule has 0 heterocycles. The maximum absolute atomic E-state index is 10.1. The van der Waals surface area contributed by atoms with E-state index in [1.54, 1.807) is 0 Å². The minimum Gasteiger partial charge on any atom is -0.386 e. The number of hydrogen-bond donors (Lipinski definition) is 3. The molecule has 5 heteroatoms. The van der Waals surface area contributed by atoms with Crippen LogP contribution < -0.4 is 0 Å². The molecule has 0 aromatic heterocycles. The Morgan fingerprint density at radius 2 is 2.00 bits per heavy atom. The fraction of sp³-hybridized carbons (Fsp3) is 0.250. The quantitative estimate of drug-likeness (QED) is 0.505. The number of aliphatic hydroxyl groups excluding tert-OH is 1. The fourth-order valence-corrected chi connectivity index (χ4v) is 0.655.